The highest BCUT2D eigenvalue weighted by atomic mass is 16.2. The Morgan fingerprint density at radius 1 is 0.963 bits per heavy atom. The maximum absolute atomic E-state index is 13.0. The van der Waals surface area contributed by atoms with Crippen molar-refractivity contribution in [3.8, 4) is 0 Å². The van der Waals surface area contributed by atoms with Gasteiger partial charge in [-0.05, 0) is 30.9 Å². The second-order valence-electron chi connectivity index (χ2n) is 7.34. The average molecular weight is 364 g/mol. The molecule has 2 aromatic rings. The topological polar surface area (TPSA) is 49.4 Å². The van der Waals surface area contributed by atoms with E-state index in [1.165, 1.54) is 12.8 Å². The lowest BCUT2D eigenvalue weighted by Crippen LogP contribution is -2.50. The van der Waals surface area contributed by atoms with Crippen LogP contribution in [0.4, 0.5) is 0 Å². The number of amides is 2. The zero-order valence-electron chi connectivity index (χ0n) is 15.9. The van der Waals surface area contributed by atoms with Crippen LogP contribution in [0.2, 0.25) is 0 Å². The smallest absolute Gasteiger partial charge is 0.242 e. The quantitative estimate of drug-likeness (QED) is 0.814. The highest BCUT2D eigenvalue weighted by Gasteiger charge is 2.28. The molecule has 4 heteroatoms. The van der Waals surface area contributed by atoms with Gasteiger partial charge in [-0.15, -0.1) is 0 Å². The van der Waals surface area contributed by atoms with Gasteiger partial charge in [-0.2, -0.15) is 0 Å². The molecule has 1 atom stereocenters. The van der Waals surface area contributed by atoms with Crippen molar-refractivity contribution in [1.29, 1.82) is 0 Å². The van der Waals surface area contributed by atoms with Crippen LogP contribution in [-0.2, 0) is 22.6 Å². The Hall–Kier alpha value is -2.62. The standard InChI is InChI=1S/C23H28N2O2/c1-18(23(27)24-21-14-8-9-15-21)25(17-20-12-6-3-7-13-20)22(26)16-19-10-4-2-5-11-19/h2-7,10-13,18,21H,8-9,14-17H2,1H3,(H,24,27)/t18-/m0/s1. The minimum absolute atomic E-state index is 0.0286. The van der Waals surface area contributed by atoms with E-state index in [0.29, 0.717) is 13.0 Å². The molecule has 142 valence electrons. The van der Waals surface area contributed by atoms with E-state index in [4.69, 9.17) is 0 Å². The van der Waals surface area contributed by atoms with Crippen LogP contribution in [0.5, 0.6) is 0 Å². The van der Waals surface area contributed by atoms with Crippen LogP contribution in [0.15, 0.2) is 60.7 Å². The lowest BCUT2D eigenvalue weighted by molar-refractivity contribution is -0.140. The van der Waals surface area contributed by atoms with Gasteiger partial charge in [0.2, 0.25) is 11.8 Å². The molecule has 1 aliphatic rings. The van der Waals surface area contributed by atoms with E-state index in [2.05, 4.69) is 5.32 Å². The Balaban J connectivity index is 1.73. The average Bonchev–Trinajstić information content (AvgIpc) is 3.20. The molecule has 0 aliphatic heterocycles. The molecular weight excluding hydrogens is 336 g/mol. The van der Waals surface area contributed by atoms with E-state index in [9.17, 15) is 9.59 Å². The Labute approximate surface area is 161 Å². The summed E-state index contributed by atoms with van der Waals surface area (Å²) in [6.45, 7) is 2.27. The van der Waals surface area contributed by atoms with Gasteiger partial charge in [-0.25, -0.2) is 0 Å². The van der Waals surface area contributed by atoms with Crippen LogP contribution >= 0.6 is 0 Å². The first-order valence-electron chi connectivity index (χ1n) is 9.81. The maximum Gasteiger partial charge on any atom is 0.242 e. The maximum atomic E-state index is 13.0. The molecule has 27 heavy (non-hydrogen) atoms. The van der Waals surface area contributed by atoms with Gasteiger partial charge in [-0.1, -0.05) is 73.5 Å². The molecule has 0 radical (unpaired) electrons. The molecule has 0 saturated heterocycles. The molecule has 4 nitrogen and oxygen atoms in total. The Bertz CT molecular complexity index is 739. The van der Waals surface area contributed by atoms with Crippen LogP contribution in [0, 0.1) is 0 Å². The monoisotopic (exact) mass is 364 g/mol. The van der Waals surface area contributed by atoms with Crippen LogP contribution in [0.3, 0.4) is 0 Å². The van der Waals surface area contributed by atoms with Crippen LogP contribution in [0.1, 0.15) is 43.7 Å². The fraction of sp³-hybridized carbons (Fsp3) is 0.391. The molecule has 0 spiro atoms. The highest BCUT2D eigenvalue weighted by molar-refractivity contribution is 5.88. The van der Waals surface area contributed by atoms with Gasteiger partial charge in [0, 0.05) is 12.6 Å². The first kappa shape index (κ1) is 19.2. The summed E-state index contributed by atoms with van der Waals surface area (Å²) in [4.78, 5) is 27.5. The minimum Gasteiger partial charge on any atom is -0.352 e. The van der Waals surface area contributed by atoms with E-state index in [-0.39, 0.29) is 17.9 Å². The molecule has 2 amide bonds. The molecule has 0 heterocycles. The number of nitrogens with one attached hydrogen (secondary N) is 1. The number of benzene rings is 2. The van der Waals surface area contributed by atoms with Gasteiger partial charge < -0.3 is 10.2 Å². The van der Waals surface area contributed by atoms with E-state index < -0.39 is 6.04 Å². The van der Waals surface area contributed by atoms with Gasteiger partial charge >= 0.3 is 0 Å². The predicted molar refractivity (Wildman–Crippen MR) is 107 cm³/mol. The second kappa shape index (κ2) is 9.36. The third-order valence-corrected chi connectivity index (χ3v) is 5.26. The summed E-state index contributed by atoms with van der Waals surface area (Å²) < 4.78 is 0. The van der Waals surface area contributed by atoms with Crippen molar-refractivity contribution in [2.24, 2.45) is 0 Å². The molecule has 1 fully saturated rings. The Morgan fingerprint density at radius 3 is 2.11 bits per heavy atom. The Kier molecular flexibility index (Phi) is 6.64. The summed E-state index contributed by atoms with van der Waals surface area (Å²) in [6.07, 6.45) is 4.71. The minimum atomic E-state index is -0.498. The van der Waals surface area contributed by atoms with Crippen molar-refractivity contribution < 1.29 is 9.59 Å². The van der Waals surface area contributed by atoms with E-state index >= 15 is 0 Å². The predicted octanol–water partition coefficient (Wildman–Crippen LogP) is 3.71. The van der Waals surface area contributed by atoms with E-state index in [0.717, 1.165) is 24.0 Å². The fourth-order valence-electron chi connectivity index (χ4n) is 3.63. The number of rotatable bonds is 7. The number of carbonyl (C=O) groups excluding carboxylic acids is 2. The highest BCUT2D eigenvalue weighted by Crippen LogP contribution is 2.19. The molecule has 1 N–H and O–H groups in total. The van der Waals surface area contributed by atoms with E-state index in [1.54, 1.807) is 4.90 Å². The van der Waals surface area contributed by atoms with Crippen LogP contribution in [0.25, 0.3) is 0 Å². The van der Waals surface area contributed by atoms with E-state index in [1.807, 2.05) is 67.6 Å². The number of nitrogens with zero attached hydrogens (tertiary/aromatic N) is 1. The molecule has 1 aliphatic carbocycles. The molecule has 0 unspecified atom stereocenters. The number of hydrogen-bond acceptors (Lipinski definition) is 2. The SMILES string of the molecule is C[C@@H](C(=O)NC1CCCC1)N(Cc1ccccc1)C(=O)Cc1ccccc1. The fourth-order valence-corrected chi connectivity index (χ4v) is 3.63. The molecule has 0 aromatic heterocycles. The first-order valence-corrected chi connectivity index (χ1v) is 9.81. The van der Waals surface area contributed by atoms with Gasteiger partial charge in [0.05, 0.1) is 6.42 Å². The van der Waals surface area contributed by atoms with Gasteiger partial charge in [0.15, 0.2) is 0 Å². The Morgan fingerprint density at radius 2 is 1.52 bits per heavy atom. The normalized spacial score (nSPS) is 15.3. The summed E-state index contributed by atoms with van der Waals surface area (Å²) in [6, 6.07) is 19.3. The van der Waals surface area contributed by atoms with Crippen molar-refractivity contribution in [3.05, 3.63) is 71.8 Å². The van der Waals surface area contributed by atoms with Gasteiger partial charge in [0.25, 0.3) is 0 Å². The lowest BCUT2D eigenvalue weighted by Gasteiger charge is -2.30. The third kappa shape index (κ3) is 5.43. The van der Waals surface area contributed by atoms with Crippen LogP contribution < -0.4 is 5.32 Å². The van der Waals surface area contributed by atoms with Gasteiger partial charge in [-0.3, -0.25) is 9.59 Å². The van der Waals surface area contributed by atoms with Crippen LogP contribution in [-0.4, -0.2) is 28.8 Å². The summed E-state index contributed by atoms with van der Waals surface area (Å²) >= 11 is 0. The molecule has 2 aromatic carbocycles. The summed E-state index contributed by atoms with van der Waals surface area (Å²) in [5.74, 6) is -0.0848. The summed E-state index contributed by atoms with van der Waals surface area (Å²) in [7, 11) is 0. The van der Waals surface area contributed by atoms with Crippen molar-refractivity contribution in [2.45, 2.75) is 57.7 Å². The van der Waals surface area contributed by atoms with Crippen molar-refractivity contribution in [2.75, 3.05) is 0 Å². The van der Waals surface area contributed by atoms with Crippen molar-refractivity contribution in [1.82, 2.24) is 10.2 Å². The number of hydrogen-bond donors (Lipinski definition) is 1. The zero-order valence-corrected chi connectivity index (χ0v) is 15.9. The zero-order chi connectivity index (χ0) is 19.1. The molecular formula is C23H28N2O2. The molecule has 1 saturated carbocycles. The van der Waals surface area contributed by atoms with Gasteiger partial charge in [0.1, 0.15) is 6.04 Å². The lowest BCUT2D eigenvalue weighted by atomic mass is 10.1. The largest absolute Gasteiger partial charge is 0.352 e. The molecule has 0 bridgehead atoms. The van der Waals surface area contributed by atoms with Crippen molar-refractivity contribution >= 4 is 11.8 Å². The third-order valence-electron chi connectivity index (χ3n) is 5.26. The summed E-state index contributed by atoms with van der Waals surface area (Å²) in [5, 5.41) is 3.13. The second-order valence-corrected chi connectivity index (χ2v) is 7.34. The molecule has 3 rings (SSSR count). The number of carbonyl (C=O) groups is 2. The summed E-state index contributed by atoms with van der Waals surface area (Å²) in [5.41, 5.74) is 1.99. The van der Waals surface area contributed by atoms with Crippen molar-refractivity contribution in [3.63, 3.8) is 0 Å². The first-order chi connectivity index (χ1) is 13.1.